The number of nitrogens with one attached hydrogen (secondary N) is 3. The molecule has 2 fully saturated rings. The van der Waals surface area contributed by atoms with Crippen molar-refractivity contribution in [2.24, 2.45) is 17.4 Å². The van der Waals surface area contributed by atoms with Crippen molar-refractivity contribution in [1.82, 2.24) is 19.7 Å². The monoisotopic (exact) mass is 492 g/mol. The molecule has 2 aliphatic rings. The lowest BCUT2D eigenvalue weighted by atomic mass is 9.78. The Kier molecular flexibility index (Phi) is 8.83. The summed E-state index contributed by atoms with van der Waals surface area (Å²) >= 11 is 0. The van der Waals surface area contributed by atoms with Crippen LogP contribution in [-0.2, 0) is 24.6 Å². The molecule has 0 aromatic carbocycles. The zero-order chi connectivity index (χ0) is 25.1. The van der Waals surface area contributed by atoms with Gasteiger partial charge in [-0.2, -0.15) is 17.4 Å². The molecule has 10 N–H and O–H groups in total. The molecule has 0 aromatic rings. The number of amides is 2. The first kappa shape index (κ1) is 27.4. The summed E-state index contributed by atoms with van der Waals surface area (Å²) in [5, 5.41) is 33.1. The highest BCUT2D eigenvalue weighted by molar-refractivity contribution is 7.87. The zero-order valence-corrected chi connectivity index (χ0v) is 19.4. The number of rotatable bonds is 12. The number of hydrogen-bond acceptors (Lipinski definition) is 9. The zero-order valence-electron chi connectivity index (χ0n) is 18.6. The molecule has 16 heteroatoms. The molecule has 0 radical (unpaired) electrons. The van der Waals surface area contributed by atoms with Crippen molar-refractivity contribution < 1.29 is 38.0 Å². The fourth-order valence-corrected chi connectivity index (χ4v) is 5.29. The van der Waals surface area contributed by atoms with E-state index in [0.29, 0.717) is 6.42 Å². The van der Waals surface area contributed by atoms with E-state index in [1.54, 1.807) is 0 Å². The van der Waals surface area contributed by atoms with Crippen LogP contribution in [-0.4, -0.2) is 95.6 Å². The summed E-state index contributed by atoms with van der Waals surface area (Å²) in [4.78, 5) is 37.0. The van der Waals surface area contributed by atoms with Gasteiger partial charge in [-0.3, -0.25) is 9.59 Å². The minimum absolute atomic E-state index is 0.0527. The molecular formula is C17H33BN6O8S. The highest BCUT2D eigenvalue weighted by Gasteiger charge is 2.56. The molecule has 0 aromatic heterocycles. The van der Waals surface area contributed by atoms with E-state index in [1.807, 2.05) is 0 Å². The van der Waals surface area contributed by atoms with E-state index in [4.69, 9.17) is 21.5 Å². The highest BCUT2D eigenvalue weighted by atomic mass is 32.2. The summed E-state index contributed by atoms with van der Waals surface area (Å²) in [6, 6.07) is -2.78. The predicted molar refractivity (Wildman–Crippen MR) is 117 cm³/mol. The number of carboxylic acids is 1. The largest absolute Gasteiger partial charge is 0.479 e. The van der Waals surface area contributed by atoms with Crippen molar-refractivity contribution in [2.45, 2.75) is 69.1 Å². The van der Waals surface area contributed by atoms with Crippen LogP contribution in [0.3, 0.4) is 0 Å². The topological polar surface area (TPSA) is 237 Å². The van der Waals surface area contributed by atoms with Crippen LogP contribution >= 0.6 is 0 Å². The molecule has 2 rings (SSSR count). The normalized spacial score (nSPS) is 29.2. The van der Waals surface area contributed by atoms with Gasteiger partial charge in [0.1, 0.15) is 6.04 Å². The Balaban J connectivity index is 2.26. The van der Waals surface area contributed by atoms with Crippen LogP contribution in [0.1, 0.15) is 33.1 Å². The van der Waals surface area contributed by atoms with Gasteiger partial charge in [-0.25, -0.2) is 4.79 Å². The third-order valence-electron chi connectivity index (χ3n) is 5.94. The second kappa shape index (κ2) is 10.6. The molecule has 1 saturated carbocycles. The quantitative estimate of drug-likeness (QED) is 0.123. The molecule has 0 spiro atoms. The number of aliphatic carboxylic acids is 1. The van der Waals surface area contributed by atoms with E-state index < -0.39 is 71.2 Å². The first-order valence-electron chi connectivity index (χ1n) is 10.7. The number of nitrogens with two attached hydrogens (primary N) is 2. The van der Waals surface area contributed by atoms with E-state index in [1.165, 1.54) is 13.8 Å². The van der Waals surface area contributed by atoms with Crippen molar-refractivity contribution in [1.29, 1.82) is 0 Å². The van der Waals surface area contributed by atoms with Crippen LogP contribution in [0.5, 0.6) is 0 Å². The standard InChI is InChI=1S/C17H33BN6O8S/c1-9(19)14(25)21-10(2)15(26)22-17(16(27)28)8-24(7-11(17)4-3-5-18(29)30)33(31,32)23-13-6-12(13)20/h9-13,23,29-30H,3-8,19-20H2,1-2H3,(H,21,25)(H,22,26)(H,27,28)/t9-,10-,11-,12+,13+,17-/m0/s1. The lowest BCUT2D eigenvalue weighted by molar-refractivity contribution is -0.149. The van der Waals surface area contributed by atoms with Gasteiger partial charge in [0.15, 0.2) is 5.54 Å². The molecule has 1 saturated heterocycles. The van der Waals surface area contributed by atoms with Gasteiger partial charge in [-0.05, 0) is 33.0 Å². The van der Waals surface area contributed by atoms with Gasteiger partial charge in [-0.15, -0.1) is 0 Å². The Morgan fingerprint density at radius 3 is 2.33 bits per heavy atom. The van der Waals surface area contributed by atoms with Crippen LogP contribution in [0.4, 0.5) is 0 Å². The second-order valence-electron chi connectivity index (χ2n) is 8.81. The average Bonchev–Trinajstić information content (AvgIpc) is 3.22. The Hall–Kier alpha value is -1.82. The van der Waals surface area contributed by atoms with Gasteiger partial charge in [0.2, 0.25) is 11.8 Å². The maximum Gasteiger partial charge on any atom is 0.451 e. The van der Waals surface area contributed by atoms with E-state index in [2.05, 4.69) is 15.4 Å². The maximum absolute atomic E-state index is 12.8. The van der Waals surface area contributed by atoms with Crippen molar-refractivity contribution >= 4 is 35.1 Å². The fraction of sp³-hybridized carbons (Fsp3) is 0.824. The van der Waals surface area contributed by atoms with Crippen LogP contribution in [0.15, 0.2) is 0 Å². The van der Waals surface area contributed by atoms with Gasteiger partial charge in [0, 0.05) is 31.1 Å². The van der Waals surface area contributed by atoms with Crippen molar-refractivity contribution in [3.05, 3.63) is 0 Å². The fourth-order valence-electron chi connectivity index (χ4n) is 3.73. The average molecular weight is 492 g/mol. The van der Waals surface area contributed by atoms with E-state index >= 15 is 0 Å². The Morgan fingerprint density at radius 1 is 1.24 bits per heavy atom. The van der Waals surface area contributed by atoms with Crippen LogP contribution in [0, 0.1) is 5.92 Å². The first-order valence-corrected chi connectivity index (χ1v) is 12.1. The van der Waals surface area contributed by atoms with Gasteiger partial charge in [0.25, 0.3) is 10.2 Å². The van der Waals surface area contributed by atoms with Crippen molar-refractivity contribution in [3.63, 3.8) is 0 Å². The molecule has 0 unspecified atom stereocenters. The van der Waals surface area contributed by atoms with Crippen LogP contribution in [0.2, 0.25) is 6.32 Å². The first-order chi connectivity index (χ1) is 15.2. The summed E-state index contributed by atoms with van der Waals surface area (Å²) in [7, 11) is -5.70. The van der Waals surface area contributed by atoms with Crippen LogP contribution < -0.4 is 26.8 Å². The lowest BCUT2D eigenvalue weighted by Crippen LogP contribution is -2.63. The lowest BCUT2D eigenvalue weighted by Gasteiger charge is -2.32. The van der Waals surface area contributed by atoms with Gasteiger partial charge in [-0.1, -0.05) is 6.42 Å². The molecular weight excluding hydrogens is 459 g/mol. The molecule has 2 amide bonds. The molecule has 0 bridgehead atoms. The van der Waals surface area contributed by atoms with Crippen LogP contribution in [0.25, 0.3) is 0 Å². The Bertz CT molecular complexity index is 858. The number of carbonyl (C=O) groups excluding carboxylic acids is 2. The summed E-state index contributed by atoms with van der Waals surface area (Å²) in [5.74, 6) is -3.76. The van der Waals surface area contributed by atoms with Gasteiger partial charge < -0.3 is 37.3 Å². The third kappa shape index (κ3) is 6.85. The smallest absolute Gasteiger partial charge is 0.451 e. The Labute approximate surface area is 192 Å². The maximum atomic E-state index is 12.8. The summed E-state index contributed by atoms with van der Waals surface area (Å²) < 4.78 is 29.0. The van der Waals surface area contributed by atoms with Crippen molar-refractivity contribution in [2.75, 3.05) is 13.1 Å². The molecule has 188 valence electrons. The minimum Gasteiger partial charge on any atom is -0.479 e. The molecule has 1 aliphatic heterocycles. The second-order valence-corrected chi connectivity index (χ2v) is 10.5. The van der Waals surface area contributed by atoms with E-state index in [9.17, 15) is 27.9 Å². The molecule has 6 atom stereocenters. The number of carbonyl (C=O) groups is 3. The van der Waals surface area contributed by atoms with Gasteiger partial charge in [0.05, 0.1) is 6.04 Å². The SMILES string of the molecule is C[C@H](N)C(=O)N[C@@H](C)C(=O)N[C@@]1(C(=O)O)CN(S(=O)(=O)N[C@@H]2C[C@H]2N)C[C@@H]1CCCB(O)O. The van der Waals surface area contributed by atoms with Crippen molar-refractivity contribution in [3.8, 4) is 0 Å². The molecule has 33 heavy (non-hydrogen) atoms. The molecule has 1 aliphatic carbocycles. The number of nitrogens with zero attached hydrogens (tertiary/aromatic N) is 1. The third-order valence-corrected chi connectivity index (χ3v) is 7.49. The predicted octanol–water partition coefficient (Wildman–Crippen LogP) is -4.10. The highest BCUT2D eigenvalue weighted by Crippen LogP contribution is 2.34. The number of carboxylic acid groups (broad SMARTS) is 1. The van der Waals surface area contributed by atoms with Gasteiger partial charge >= 0.3 is 13.1 Å². The summed E-state index contributed by atoms with van der Waals surface area (Å²) in [6.45, 7) is 2.00. The summed E-state index contributed by atoms with van der Waals surface area (Å²) in [5.41, 5.74) is 9.15. The van der Waals surface area contributed by atoms with E-state index in [0.717, 1.165) is 4.31 Å². The minimum atomic E-state index is -4.09. The number of hydrogen-bond donors (Lipinski definition) is 8. The molecule has 14 nitrogen and oxygen atoms in total. The van der Waals surface area contributed by atoms with E-state index in [-0.39, 0.29) is 31.7 Å². The Morgan fingerprint density at radius 2 is 1.85 bits per heavy atom. The summed E-state index contributed by atoms with van der Waals surface area (Å²) in [6.07, 6.45) is 0.685. The molecule has 1 heterocycles.